The monoisotopic (exact) mass is 356 g/mol. The van der Waals surface area contributed by atoms with E-state index in [1.165, 1.54) is 5.56 Å². The number of benzene rings is 2. The number of aryl methyl sites for hydroxylation is 2. The molecular formula is C22H20N4O. The fourth-order valence-electron chi connectivity index (χ4n) is 3.24. The first kappa shape index (κ1) is 17.0. The highest BCUT2D eigenvalue weighted by atomic mass is 16.1. The van der Waals surface area contributed by atoms with Crippen LogP contribution >= 0.6 is 0 Å². The largest absolute Gasteiger partial charge is 0.324 e. The van der Waals surface area contributed by atoms with Gasteiger partial charge in [0, 0.05) is 23.6 Å². The second-order valence-electron chi connectivity index (χ2n) is 6.61. The lowest BCUT2D eigenvalue weighted by Crippen LogP contribution is -2.19. The van der Waals surface area contributed by atoms with Crippen molar-refractivity contribution in [3.05, 3.63) is 78.1 Å². The van der Waals surface area contributed by atoms with Gasteiger partial charge in [0.2, 0.25) is 5.91 Å². The van der Waals surface area contributed by atoms with E-state index < -0.39 is 0 Å². The fourth-order valence-corrected chi connectivity index (χ4v) is 3.24. The number of aromatic nitrogens is 3. The SMILES string of the molecule is Cc1ccc(NC(=O)Cn2c(-c3ccncc3)nc3ccccc32)c(C)c1. The molecule has 0 fully saturated rings. The molecule has 5 nitrogen and oxygen atoms in total. The van der Waals surface area contributed by atoms with E-state index in [1.807, 2.05) is 66.9 Å². The zero-order chi connectivity index (χ0) is 18.8. The molecule has 0 saturated heterocycles. The molecule has 0 atom stereocenters. The third kappa shape index (κ3) is 3.44. The molecule has 0 unspecified atom stereocenters. The quantitative estimate of drug-likeness (QED) is 0.591. The van der Waals surface area contributed by atoms with E-state index in [-0.39, 0.29) is 12.5 Å². The van der Waals surface area contributed by atoms with Crippen molar-refractivity contribution in [2.45, 2.75) is 20.4 Å². The molecule has 5 heteroatoms. The van der Waals surface area contributed by atoms with Gasteiger partial charge in [-0.25, -0.2) is 4.98 Å². The third-order valence-electron chi connectivity index (χ3n) is 4.55. The maximum absolute atomic E-state index is 12.8. The van der Waals surface area contributed by atoms with Crippen LogP contribution in [0.25, 0.3) is 22.4 Å². The summed E-state index contributed by atoms with van der Waals surface area (Å²) in [4.78, 5) is 21.6. The second kappa shape index (κ2) is 7.03. The van der Waals surface area contributed by atoms with Crippen LogP contribution in [-0.2, 0) is 11.3 Å². The van der Waals surface area contributed by atoms with Gasteiger partial charge < -0.3 is 9.88 Å². The first-order chi connectivity index (χ1) is 13.1. The van der Waals surface area contributed by atoms with Crippen molar-refractivity contribution in [2.24, 2.45) is 0 Å². The molecule has 0 spiro atoms. The maximum atomic E-state index is 12.8. The first-order valence-electron chi connectivity index (χ1n) is 8.84. The molecule has 1 N–H and O–H groups in total. The highest BCUT2D eigenvalue weighted by Gasteiger charge is 2.15. The number of anilines is 1. The summed E-state index contributed by atoms with van der Waals surface area (Å²) in [6, 6.07) is 17.7. The zero-order valence-corrected chi connectivity index (χ0v) is 15.3. The van der Waals surface area contributed by atoms with E-state index in [4.69, 9.17) is 4.98 Å². The van der Waals surface area contributed by atoms with Gasteiger partial charge in [0.1, 0.15) is 12.4 Å². The summed E-state index contributed by atoms with van der Waals surface area (Å²) in [5.74, 6) is 0.676. The molecule has 134 valence electrons. The standard InChI is InChI=1S/C22H20N4O/c1-15-7-8-18(16(2)13-15)24-21(27)14-26-20-6-4-3-5-19(20)25-22(26)17-9-11-23-12-10-17/h3-13H,14H2,1-2H3,(H,24,27). The molecular weight excluding hydrogens is 336 g/mol. The average molecular weight is 356 g/mol. The van der Waals surface area contributed by atoms with Gasteiger partial charge in [0.15, 0.2) is 0 Å². The summed E-state index contributed by atoms with van der Waals surface area (Å²) in [6.07, 6.45) is 3.46. The molecule has 0 saturated carbocycles. The van der Waals surface area contributed by atoms with Crippen LogP contribution in [0.2, 0.25) is 0 Å². The molecule has 0 radical (unpaired) electrons. The maximum Gasteiger partial charge on any atom is 0.244 e. The molecule has 0 aliphatic rings. The van der Waals surface area contributed by atoms with Crippen LogP contribution in [0.1, 0.15) is 11.1 Å². The Morgan fingerprint density at radius 1 is 1.04 bits per heavy atom. The van der Waals surface area contributed by atoms with Crippen LogP contribution in [0.5, 0.6) is 0 Å². The van der Waals surface area contributed by atoms with Gasteiger partial charge in [0.25, 0.3) is 0 Å². The number of para-hydroxylation sites is 2. The van der Waals surface area contributed by atoms with Crippen LogP contribution in [-0.4, -0.2) is 20.4 Å². The molecule has 4 aromatic rings. The lowest BCUT2D eigenvalue weighted by atomic mass is 10.1. The molecule has 0 bridgehead atoms. The number of hydrogen-bond donors (Lipinski definition) is 1. The Morgan fingerprint density at radius 3 is 2.59 bits per heavy atom. The number of fused-ring (bicyclic) bond motifs is 1. The number of imidazole rings is 1. The lowest BCUT2D eigenvalue weighted by molar-refractivity contribution is -0.116. The van der Waals surface area contributed by atoms with Gasteiger partial charge in [-0.2, -0.15) is 0 Å². The molecule has 0 aliphatic carbocycles. The number of nitrogens with zero attached hydrogens (tertiary/aromatic N) is 3. The molecule has 0 aliphatic heterocycles. The van der Waals surface area contributed by atoms with Crippen molar-refractivity contribution in [2.75, 3.05) is 5.32 Å². The van der Waals surface area contributed by atoms with Crippen molar-refractivity contribution >= 4 is 22.6 Å². The number of carbonyl (C=O) groups excluding carboxylic acids is 1. The summed E-state index contributed by atoms with van der Waals surface area (Å²) >= 11 is 0. The van der Waals surface area contributed by atoms with Gasteiger partial charge in [0.05, 0.1) is 11.0 Å². The predicted octanol–water partition coefficient (Wildman–Crippen LogP) is 4.35. The van der Waals surface area contributed by atoms with Gasteiger partial charge in [-0.05, 0) is 49.7 Å². The summed E-state index contributed by atoms with van der Waals surface area (Å²) in [5.41, 5.74) is 5.78. The van der Waals surface area contributed by atoms with E-state index in [0.717, 1.165) is 33.7 Å². The second-order valence-corrected chi connectivity index (χ2v) is 6.61. The van der Waals surface area contributed by atoms with Crippen LogP contribution < -0.4 is 5.32 Å². The van der Waals surface area contributed by atoms with E-state index in [2.05, 4.69) is 16.4 Å². The van der Waals surface area contributed by atoms with E-state index in [0.29, 0.717) is 0 Å². The van der Waals surface area contributed by atoms with E-state index in [9.17, 15) is 4.79 Å². The van der Waals surface area contributed by atoms with Crippen LogP contribution in [0.15, 0.2) is 67.0 Å². The molecule has 2 aromatic heterocycles. The fraction of sp³-hybridized carbons (Fsp3) is 0.136. The predicted molar refractivity (Wildman–Crippen MR) is 108 cm³/mol. The lowest BCUT2D eigenvalue weighted by Gasteiger charge is -2.12. The number of pyridine rings is 1. The van der Waals surface area contributed by atoms with Gasteiger partial charge >= 0.3 is 0 Å². The molecule has 27 heavy (non-hydrogen) atoms. The zero-order valence-electron chi connectivity index (χ0n) is 15.3. The van der Waals surface area contributed by atoms with Crippen molar-refractivity contribution in [3.63, 3.8) is 0 Å². The minimum absolute atomic E-state index is 0.0830. The molecule has 2 heterocycles. The summed E-state index contributed by atoms with van der Waals surface area (Å²) < 4.78 is 1.95. The molecule has 4 rings (SSSR count). The Hall–Kier alpha value is -3.47. The minimum atomic E-state index is -0.0830. The van der Waals surface area contributed by atoms with Crippen LogP contribution in [0.4, 0.5) is 5.69 Å². The smallest absolute Gasteiger partial charge is 0.244 e. The Balaban J connectivity index is 1.69. The Bertz CT molecular complexity index is 1120. The molecule has 2 aromatic carbocycles. The van der Waals surface area contributed by atoms with Crippen LogP contribution in [0, 0.1) is 13.8 Å². The number of nitrogens with one attached hydrogen (secondary N) is 1. The van der Waals surface area contributed by atoms with Crippen LogP contribution in [0.3, 0.4) is 0 Å². The van der Waals surface area contributed by atoms with Crippen molar-refractivity contribution < 1.29 is 4.79 Å². The number of amides is 1. The highest BCUT2D eigenvalue weighted by molar-refractivity contribution is 5.93. The van der Waals surface area contributed by atoms with Crippen molar-refractivity contribution in [3.8, 4) is 11.4 Å². The topological polar surface area (TPSA) is 59.8 Å². The number of rotatable bonds is 4. The van der Waals surface area contributed by atoms with Crippen molar-refractivity contribution in [1.29, 1.82) is 0 Å². The highest BCUT2D eigenvalue weighted by Crippen LogP contribution is 2.24. The number of carbonyl (C=O) groups is 1. The summed E-state index contributed by atoms with van der Waals surface area (Å²) in [5, 5.41) is 3.02. The Morgan fingerprint density at radius 2 is 1.81 bits per heavy atom. The first-order valence-corrected chi connectivity index (χ1v) is 8.84. The number of hydrogen-bond acceptors (Lipinski definition) is 3. The van der Waals surface area contributed by atoms with Crippen molar-refractivity contribution in [1.82, 2.24) is 14.5 Å². The van der Waals surface area contributed by atoms with E-state index >= 15 is 0 Å². The van der Waals surface area contributed by atoms with Gasteiger partial charge in [-0.1, -0.05) is 29.8 Å². The Labute approximate surface area is 157 Å². The third-order valence-corrected chi connectivity index (χ3v) is 4.55. The summed E-state index contributed by atoms with van der Waals surface area (Å²) in [6.45, 7) is 4.22. The Kier molecular flexibility index (Phi) is 4.42. The molecule has 1 amide bonds. The minimum Gasteiger partial charge on any atom is -0.324 e. The van der Waals surface area contributed by atoms with Gasteiger partial charge in [-0.3, -0.25) is 9.78 Å². The average Bonchev–Trinajstić information content (AvgIpc) is 3.03. The normalized spacial score (nSPS) is 10.9. The summed E-state index contributed by atoms with van der Waals surface area (Å²) in [7, 11) is 0. The van der Waals surface area contributed by atoms with Gasteiger partial charge in [-0.15, -0.1) is 0 Å². The van der Waals surface area contributed by atoms with E-state index in [1.54, 1.807) is 12.4 Å².